The average molecular weight is 297 g/mol. The Bertz CT molecular complexity index is 673. The number of hydrogen-bond acceptors (Lipinski definition) is 2. The molecule has 0 unspecified atom stereocenters. The van der Waals surface area contributed by atoms with Gasteiger partial charge in [-0.3, -0.25) is 4.79 Å². The summed E-state index contributed by atoms with van der Waals surface area (Å²) in [6.45, 7) is 3.96. The Balaban J connectivity index is 2.01. The van der Waals surface area contributed by atoms with Crippen LogP contribution in [0.4, 0.5) is 16.2 Å². The highest BCUT2D eigenvalue weighted by Crippen LogP contribution is 2.15. The largest absolute Gasteiger partial charge is 0.355 e. The Morgan fingerprint density at radius 1 is 0.818 bits per heavy atom. The highest BCUT2D eigenvalue weighted by atomic mass is 16.2. The molecule has 2 rings (SSSR count). The first kappa shape index (κ1) is 15.6. The van der Waals surface area contributed by atoms with Crippen molar-refractivity contribution in [1.82, 2.24) is 5.32 Å². The van der Waals surface area contributed by atoms with E-state index in [1.807, 2.05) is 32.0 Å². The molecule has 0 atom stereocenters. The van der Waals surface area contributed by atoms with E-state index in [1.165, 1.54) is 0 Å². The predicted molar refractivity (Wildman–Crippen MR) is 88.4 cm³/mol. The van der Waals surface area contributed by atoms with Crippen LogP contribution in [0.25, 0.3) is 0 Å². The minimum Gasteiger partial charge on any atom is -0.355 e. The van der Waals surface area contributed by atoms with Crippen molar-refractivity contribution in [2.75, 3.05) is 17.7 Å². The van der Waals surface area contributed by atoms with Crippen LogP contribution in [0.3, 0.4) is 0 Å². The van der Waals surface area contributed by atoms with Crippen molar-refractivity contribution >= 4 is 23.3 Å². The maximum Gasteiger partial charge on any atom is 0.323 e. The van der Waals surface area contributed by atoms with Crippen LogP contribution in [0.1, 0.15) is 21.5 Å². The second-order valence-corrected chi connectivity index (χ2v) is 5.11. The Kier molecular flexibility index (Phi) is 4.78. The molecule has 0 heterocycles. The van der Waals surface area contributed by atoms with Gasteiger partial charge in [0.15, 0.2) is 0 Å². The molecule has 0 aliphatic rings. The third kappa shape index (κ3) is 4.09. The quantitative estimate of drug-likeness (QED) is 0.813. The minimum atomic E-state index is -0.322. The zero-order chi connectivity index (χ0) is 16.1. The van der Waals surface area contributed by atoms with Gasteiger partial charge in [-0.1, -0.05) is 6.07 Å². The van der Waals surface area contributed by atoms with Gasteiger partial charge in [0.2, 0.25) is 0 Å². The van der Waals surface area contributed by atoms with Crippen LogP contribution >= 0.6 is 0 Å². The molecular weight excluding hydrogens is 278 g/mol. The summed E-state index contributed by atoms with van der Waals surface area (Å²) in [5, 5.41) is 8.07. The summed E-state index contributed by atoms with van der Waals surface area (Å²) in [6, 6.07) is 12.2. The topological polar surface area (TPSA) is 70.2 Å². The van der Waals surface area contributed by atoms with Crippen molar-refractivity contribution in [3.63, 3.8) is 0 Å². The number of urea groups is 1. The van der Waals surface area contributed by atoms with E-state index in [9.17, 15) is 9.59 Å². The lowest BCUT2D eigenvalue weighted by atomic mass is 10.1. The number of carbonyl (C=O) groups excluding carboxylic acids is 2. The van der Waals surface area contributed by atoms with Crippen molar-refractivity contribution in [3.05, 3.63) is 59.2 Å². The highest BCUT2D eigenvalue weighted by Gasteiger charge is 2.06. The van der Waals surface area contributed by atoms with Gasteiger partial charge in [-0.05, 0) is 61.4 Å². The van der Waals surface area contributed by atoms with Crippen LogP contribution in [0.15, 0.2) is 42.5 Å². The SMILES string of the molecule is CNC(=O)c1ccc(NC(=O)Nc2cc(C)cc(C)c2)cc1. The Morgan fingerprint density at radius 3 is 1.91 bits per heavy atom. The lowest BCUT2D eigenvalue weighted by Gasteiger charge is -2.09. The van der Waals surface area contributed by atoms with Crippen molar-refractivity contribution in [2.24, 2.45) is 0 Å². The van der Waals surface area contributed by atoms with E-state index < -0.39 is 0 Å². The summed E-state index contributed by atoms with van der Waals surface area (Å²) in [4.78, 5) is 23.4. The van der Waals surface area contributed by atoms with Crippen LogP contribution in [0.2, 0.25) is 0 Å². The van der Waals surface area contributed by atoms with E-state index >= 15 is 0 Å². The maximum absolute atomic E-state index is 12.0. The third-order valence-corrected chi connectivity index (χ3v) is 3.11. The van der Waals surface area contributed by atoms with Crippen LogP contribution in [0.5, 0.6) is 0 Å². The number of benzene rings is 2. The van der Waals surface area contributed by atoms with Gasteiger partial charge in [-0.15, -0.1) is 0 Å². The van der Waals surface area contributed by atoms with Crippen LogP contribution in [0, 0.1) is 13.8 Å². The standard InChI is InChI=1S/C17H19N3O2/c1-11-8-12(2)10-15(9-11)20-17(22)19-14-6-4-13(5-7-14)16(21)18-3/h4-10H,1-3H3,(H,18,21)(H2,19,20,22). The molecule has 3 N–H and O–H groups in total. The zero-order valence-corrected chi connectivity index (χ0v) is 12.9. The van der Waals surface area contributed by atoms with E-state index in [1.54, 1.807) is 31.3 Å². The van der Waals surface area contributed by atoms with E-state index in [-0.39, 0.29) is 11.9 Å². The molecule has 2 aromatic rings. The molecular formula is C17H19N3O2. The molecule has 0 saturated heterocycles. The number of rotatable bonds is 3. The smallest absolute Gasteiger partial charge is 0.323 e. The van der Waals surface area contributed by atoms with Gasteiger partial charge in [0.05, 0.1) is 0 Å². The van der Waals surface area contributed by atoms with Crippen molar-refractivity contribution < 1.29 is 9.59 Å². The van der Waals surface area contributed by atoms with Gasteiger partial charge in [0, 0.05) is 24.0 Å². The molecule has 3 amide bonds. The second-order valence-electron chi connectivity index (χ2n) is 5.11. The van der Waals surface area contributed by atoms with Gasteiger partial charge in [0.25, 0.3) is 5.91 Å². The summed E-state index contributed by atoms with van der Waals surface area (Å²) < 4.78 is 0. The minimum absolute atomic E-state index is 0.161. The first-order valence-electron chi connectivity index (χ1n) is 6.96. The van der Waals surface area contributed by atoms with Crippen LogP contribution in [-0.2, 0) is 0 Å². The van der Waals surface area contributed by atoms with E-state index in [4.69, 9.17) is 0 Å². The van der Waals surface area contributed by atoms with Crippen LogP contribution < -0.4 is 16.0 Å². The van der Waals surface area contributed by atoms with E-state index in [0.29, 0.717) is 11.3 Å². The average Bonchev–Trinajstić information content (AvgIpc) is 2.46. The normalized spacial score (nSPS) is 9.95. The number of hydrogen-bond donors (Lipinski definition) is 3. The Labute approximate surface area is 129 Å². The van der Waals surface area contributed by atoms with Crippen molar-refractivity contribution in [1.29, 1.82) is 0 Å². The molecule has 0 spiro atoms. The molecule has 0 aromatic heterocycles. The summed E-state index contributed by atoms with van der Waals surface area (Å²) in [5.41, 5.74) is 4.09. The second kappa shape index (κ2) is 6.76. The number of anilines is 2. The predicted octanol–water partition coefficient (Wildman–Crippen LogP) is 3.31. The van der Waals surface area contributed by atoms with Gasteiger partial charge in [0.1, 0.15) is 0 Å². The molecule has 114 valence electrons. The Morgan fingerprint density at radius 2 is 1.36 bits per heavy atom. The highest BCUT2D eigenvalue weighted by molar-refractivity contribution is 6.00. The van der Waals surface area contributed by atoms with Crippen molar-refractivity contribution in [3.8, 4) is 0 Å². The Hall–Kier alpha value is -2.82. The zero-order valence-electron chi connectivity index (χ0n) is 12.9. The first-order chi connectivity index (χ1) is 10.5. The number of amides is 3. The monoisotopic (exact) mass is 297 g/mol. The molecule has 2 aromatic carbocycles. The summed E-state index contributed by atoms with van der Waals surface area (Å²) in [7, 11) is 1.58. The molecule has 0 saturated carbocycles. The number of carbonyl (C=O) groups is 2. The molecule has 0 bridgehead atoms. The van der Waals surface area contributed by atoms with Crippen LogP contribution in [-0.4, -0.2) is 19.0 Å². The van der Waals surface area contributed by atoms with Gasteiger partial charge in [-0.25, -0.2) is 4.79 Å². The molecule has 22 heavy (non-hydrogen) atoms. The molecule has 0 aliphatic carbocycles. The summed E-state index contributed by atoms with van der Waals surface area (Å²) >= 11 is 0. The molecule has 0 aliphatic heterocycles. The van der Waals surface area contributed by atoms with Gasteiger partial charge < -0.3 is 16.0 Å². The fourth-order valence-electron chi connectivity index (χ4n) is 2.19. The molecule has 0 fully saturated rings. The summed E-state index contributed by atoms with van der Waals surface area (Å²) in [5.74, 6) is -0.161. The lowest BCUT2D eigenvalue weighted by Crippen LogP contribution is -2.20. The maximum atomic E-state index is 12.0. The fraction of sp³-hybridized carbons (Fsp3) is 0.176. The van der Waals surface area contributed by atoms with Crippen molar-refractivity contribution in [2.45, 2.75) is 13.8 Å². The van der Waals surface area contributed by atoms with Gasteiger partial charge in [-0.2, -0.15) is 0 Å². The molecule has 0 radical (unpaired) electrons. The molecule has 5 nitrogen and oxygen atoms in total. The third-order valence-electron chi connectivity index (χ3n) is 3.11. The van der Waals surface area contributed by atoms with Gasteiger partial charge >= 0.3 is 6.03 Å². The first-order valence-corrected chi connectivity index (χ1v) is 6.96. The van der Waals surface area contributed by atoms with E-state index in [2.05, 4.69) is 16.0 Å². The van der Waals surface area contributed by atoms with E-state index in [0.717, 1.165) is 16.8 Å². The molecule has 5 heteroatoms. The lowest BCUT2D eigenvalue weighted by molar-refractivity contribution is 0.0963. The summed E-state index contributed by atoms with van der Waals surface area (Å²) in [6.07, 6.45) is 0. The number of aryl methyl sites for hydroxylation is 2. The number of nitrogens with one attached hydrogen (secondary N) is 3. The fourth-order valence-corrected chi connectivity index (χ4v) is 2.19.